The summed E-state index contributed by atoms with van der Waals surface area (Å²) in [5.41, 5.74) is 7.06. The van der Waals surface area contributed by atoms with Crippen LogP contribution in [0.4, 0.5) is 5.69 Å². The van der Waals surface area contributed by atoms with E-state index < -0.39 is 9.84 Å². The van der Waals surface area contributed by atoms with E-state index in [4.69, 9.17) is 5.73 Å². The van der Waals surface area contributed by atoms with E-state index in [-0.39, 0.29) is 16.5 Å². The van der Waals surface area contributed by atoms with E-state index in [1.165, 1.54) is 24.3 Å². The van der Waals surface area contributed by atoms with E-state index in [0.717, 1.165) is 11.8 Å². The van der Waals surface area contributed by atoms with Gasteiger partial charge in [-0.1, -0.05) is 6.07 Å². The fraction of sp³-hybridized carbons (Fsp3) is 0.143. The Morgan fingerprint density at radius 1 is 1.19 bits per heavy atom. The second-order valence-corrected chi connectivity index (χ2v) is 6.52. The van der Waals surface area contributed by atoms with Gasteiger partial charge in [-0.15, -0.1) is 0 Å². The Morgan fingerprint density at radius 3 is 2.33 bits per heavy atom. The molecule has 1 aromatic carbocycles. The number of nitrogens with zero attached hydrogens (tertiary/aromatic N) is 1. The van der Waals surface area contributed by atoms with Crippen molar-refractivity contribution in [2.45, 2.75) is 11.4 Å². The zero-order valence-corrected chi connectivity index (χ0v) is 12.2. The normalized spacial score (nSPS) is 11.1. The predicted molar refractivity (Wildman–Crippen MR) is 79.6 cm³/mol. The molecule has 1 aromatic heterocycles. The van der Waals surface area contributed by atoms with Crippen molar-refractivity contribution in [3.8, 4) is 0 Å². The number of sulfone groups is 1. The maximum absolute atomic E-state index is 12.0. The van der Waals surface area contributed by atoms with E-state index in [9.17, 15) is 13.2 Å². The van der Waals surface area contributed by atoms with Crippen LogP contribution in [0.25, 0.3) is 0 Å². The number of anilines is 1. The van der Waals surface area contributed by atoms with E-state index in [2.05, 4.69) is 10.3 Å². The first-order chi connectivity index (χ1) is 9.90. The van der Waals surface area contributed by atoms with Gasteiger partial charge in [-0.05, 0) is 35.9 Å². The van der Waals surface area contributed by atoms with Gasteiger partial charge >= 0.3 is 0 Å². The van der Waals surface area contributed by atoms with Crippen LogP contribution in [0.5, 0.6) is 0 Å². The minimum atomic E-state index is -3.24. The molecule has 3 N–H and O–H groups in total. The number of nitrogens with two attached hydrogens (primary N) is 1. The van der Waals surface area contributed by atoms with Crippen LogP contribution < -0.4 is 11.1 Å². The molecule has 6 nitrogen and oxygen atoms in total. The number of aromatic nitrogens is 1. The molecule has 2 rings (SSSR count). The van der Waals surface area contributed by atoms with Gasteiger partial charge in [0.2, 0.25) is 0 Å². The standard InChI is InChI=1S/C14H15N3O3S/c1-21(19,20)12-5-3-11(4-6-12)17-14(18)13-7-2-10(8-15)9-16-13/h2-7,9H,8,15H2,1H3,(H,17,18). The minimum Gasteiger partial charge on any atom is -0.326 e. The molecular formula is C14H15N3O3S. The SMILES string of the molecule is CS(=O)(=O)c1ccc(NC(=O)c2ccc(CN)cn2)cc1. The number of amides is 1. The smallest absolute Gasteiger partial charge is 0.274 e. The highest BCUT2D eigenvalue weighted by Gasteiger charge is 2.09. The molecule has 2 aromatic rings. The summed E-state index contributed by atoms with van der Waals surface area (Å²) in [5, 5.41) is 2.65. The van der Waals surface area contributed by atoms with Gasteiger partial charge in [-0.2, -0.15) is 0 Å². The molecule has 0 saturated heterocycles. The average molecular weight is 305 g/mol. The van der Waals surface area contributed by atoms with Gasteiger partial charge in [0.05, 0.1) is 4.90 Å². The molecule has 0 aliphatic carbocycles. The van der Waals surface area contributed by atoms with Crippen LogP contribution in [0.3, 0.4) is 0 Å². The zero-order chi connectivity index (χ0) is 15.5. The number of rotatable bonds is 4. The molecule has 0 atom stereocenters. The Labute approximate surface area is 122 Å². The number of pyridine rings is 1. The highest BCUT2D eigenvalue weighted by Crippen LogP contribution is 2.14. The molecule has 0 saturated carbocycles. The topological polar surface area (TPSA) is 102 Å². The van der Waals surface area contributed by atoms with Crippen LogP contribution >= 0.6 is 0 Å². The van der Waals surface area contributed by atoms with E-state index in [1.807, 2.05) is 0 Å². The van der Waals surface area contributed by atoms with Crippen molar-refractivity contribution in [3.63, 3.8) is 0 Å². The molecule has 0 fully saturated rings. The van der Waals surface area contributed by atoms with E-state index >= 15 is 0 Å². The summed E-state index contributed by atoms with van der Waals surface area (Å²) in [6.07, 6.45) is 2.67. The van der Waals surface area contributed by atoms with Gasteiger partial charge in [-0.25, -0.2) is 8.42 Å². The Kier molecular flexibility index (Phi) is 4.35. The largest absolute Gasteiger partial charge is 0.326 e. The van der Waals surface area contributed by atoms with Crippen LogP contribution in [0.15, 0.2) is 47.5 Å². The summed E-state index contributed by atoms with van der Waals surface area (Å²) in [6.45, 7) is 0.363. The van der Waals surface area contributed by atoms with Crippen LogP contribution in [0, 0.1) is 0 Å². The monoisotopic (exact) mass is 305 g/mol. The van der Waals surface area contributed by atoms with Gasteiger partial charge in [0, 0.05) is 24.7 Å². The summed E-state index contributed by atoms with van der Waals surface area (Å²) < 4.78 is 22.7. The fourth-order valence-corrected chi connectivity index (χ4v) is 2.29. The molecule has 0 bridgehead atoms. The maximum atomic E-state index is 12.0. The summed E-state index contributed by atoms with van der Waals surface area (Å²) >= 11 is 0. The second-order valence-electron chi connectivity index (χ2n) is 4.51. The fourth-order valence-electron chi connectivity index (χ4n) is 1.66. The maximum Gasteiger partial charge on any atom is 0.274 e. The highest BCUT2D eigenvalue weighted by molar-refractivity contribution is 7.90. The van der Waals surface area contributed by atoms with Crippen LogP contribution in [-0.2, 0) is 16.4 Å². The van der Waals surface area contributed by atoms with Gasteiger partial charge in [0.1, 0.15) is 5.69 Å². The molecule has 1 amide bonds. The average Bonchev–Trinajstić information content (AvgIpc) is 2.47. The van der Waals surface area contributed by atoms with Crippen molar-refractivity contribution in [2.75, 3.05) is 11.6 Å². The Hall–Kier alpha value is -2.25. The first kappa shape index (κ1) is 15.1. The van der Waals surface area contributed by atoms with Gasteiger partial charge in [-0.3, -0.25) is 9.78 Å². The molecule has 0 radical (unpaired) electrons. The molecule has 21 heavy (non-hydrogen) atoms. The van der Waals surface area contributed by atoms with Gasteiger partial charge in [0.25, 0.3) is 5.91 Å². The molecule has 0 aliphatic heterocycles. The molecule has 0 aliphatic rings. The van der Waals surface area contributed by atoms with Crippen LogP contribution in [0.1, 0.15) is 16.1 Å². The number of carbonyl (C=O) groups excluding carboxylic acids is 1. The Balaban J connectivity index is 2.12. The molecular weight excluding hydrogens is 290 g/mol. The third-order valence-electron chi connectivity index (χ3n) is 2.83. The number of hydrogen-bond acceptors (Lipinski definition) is 5. The third kappa shape index (κ3) is 3.87. The van der Waals surface area contributed by atoms with Gasteiger partial charge < -0.3 is 11.1 Å². The molecule has 0 unspecified atom stereocenters. The van der Waals surface area contributed by atoms with E-state index in [1.54, 1.807) is 18.3 Å². The van der Waals surface area contributed by atoms with Crippen molar-refractivity contribution < 1.29 is 13.2 Å². The zero-order valence-electron chi connectivity index (χ0n) is 11.4. The number of hydrogen-bond donors (Lipinski definition) is 2. The lowest BCUT2D eigenvalue weighted by atomic mass is 10.2. The number of carbonyl (C=O) groups is 1. The molecule has 7 heteroatoms. The van der Waals surface area contributed by atoms with Crippen molar-refractivity contribution in [2.24, 2.45) is 5.73 Å². The first-order valence-corrected chi connectivity index (χ1v) is 8.06. The van der Waals surface area contributed by atoms with Crippen molar-refractivity contribution in [1.82, 2.24) is 4.98 Å². The number of nitrogens with one attached hydrogen (secondary N) is 1. The van der Waals surface area contributed by atoms with Crippen LogP contribution in [0.2, 0.25) is 0 Å². The third-order valence-corrected chi connectivity index (χ3v) is 3.96. The van der Waals surface area contributed by atoms with Crippen molar-refractivity contribution >= 4 is 21.4 Å². The van der Waals surface area contributed by atoms with Crippen LogP contribution in [-0.4, -0.2) is 25.6 Å². The van der Waals surface area contributed by atoms with Gasteiger partial charge in [0.15, 0.2) is 9.84 Å². The molecule has 1 heterocycles. The second kappa shape index (κ2) is 6.02. The summed E-state index contributed by atoms with van der Waals surface area (Å²) in [4.78, 5) is 16.2. The van der Waals surface area contributed by atoms with Crippen molar-refractivity contribution in [3.05, 3.63) is 53.9 Å². The lowest BCUT2D eigenvalue weighted by Crippen LogP contribution is -2.14. The summed E-state index contributed by atoms with van der Waals surface area (Å²) in [7, 11) is -3.24. The summed E-state index contributed by atoms with van der Waals surface area (Å²) in [6, 6.07) is 9.26. The molecule has 0 spiro atoms. The lowest BCUT2D eigenvalue weighted by molar-refractivity contribution is 0.102. The highest BCUT2D eigenvalue weighted by atomic mass is 32.2. The molecule has 110 valence electrons. The Morgan fingerprint density at radius 2 is 1.86 bits per heavy atom. The lowest BCUT2D eigenvalue weighted by Gasteiger charge is -2.06. The quantitative estimate of drug-likeness (QED) is 0.883. The van der Waals surface area contributed by atoms with Crippen molar-refractivity contribution in [1.29, 1.82) is 0 Å². The number of benzene rings is 1. The minimum absolute atomic E-state index is 0.200. The van der Waals surface area contributed by atoms with E-state index in [0.29, 0.717) is 12.2 Å². The Bertz CT molecular complexity index is 738. The predicted octanol–water partition coefficient (Wildman–Crippen LogP) is 1.20. The summed E-state index contributed by atoms with van der Waals surface area (Å²) in [5.74, 6) is -0.370. The first-order valence-electron chi connectivity index (χ1n) is 6.16.